The molecule has 0 bridgehead atoms. The summed E-state index contributed by atoms with van der Waals surface area (Å²) in [5.41, 5.74) is 0. The second-order valence-corrected chi connectivity index (χ2v) is 10.5. The topological polar surface area (TPSA) is 130 Å². The molecule has 24 heteroatoms. The van der Waals surface area contributed by atoms with Gasteiger partial charge in [0.2, 0.25) is 6.29 Å². The summed E-state index contributed by atoms with van der Waals surface area (Å²) in [5, 5.41) is 8.83. The third-order valence-electron chi connectivity index (χ3n) is 5.81. The molecule has 0 aromatic heterocycles. The van der Waals surface area contributed by atoms with Crippen LogP contribution in [0, 0.1) is 0 Å². The zero-order valence-electron chi connectivity index (χ0n) is 22.0. The molecule has 43 heavy (non-hydrogen) atoms. The molecule has 0 spiro atoms. The third kappa shape index (κ3) is 11.4. The fraction of sp³-hybridized carbons (Fsp3) is 0.947. The van der Waals surface area contributed by atoms with Crippen molar-refractivity contribution in [2.24, 2.45) is 0 Å². The maximum atomic E-state index is 13.6. The van der Waals surface area contributed by atoms with Crippen molar-refractivity contribution in [3.05, 3.63) is 0 Å². The maximum Gasteiger partial charge on any atom is 0.337 e. The highest BCUT2D eigenvalue weighted by atomic mass is 31.0. The Morgan fingerprint density at radius 1 is 0.698 bits per heavy atom. The van der Waals surface area contributed by atoms with E-state index in [4.69, 9.17) is 14.6 Å². The number of aliphatic hydroxyl groups is 1. The van der Waals surface area contributed by atoms with E-state index in [1.54, 1.807) is 18.9 Å². The number of carbonyl (C=O) groups excluding carboxylic acids is 1. The van der Waals surface area contributed by atoms with Gasteiger partial charge in [0.1, 0.15) is 24.4 Å². The molecule has 3 fully saturated rings. The third-order valence-corrected chi connectivity index (χ3v) is 7.27. The summed E-state index contributed by atoms with van der Waals surface area (Å²) in [6.45, 7) is 2.21. The molecule has 0 aromatic carbocycles. The smallest absolute Gasteiger partial charge is 0.337 e. The van der Waals surface area contributed by atoms with Crippen LogP contribution in [-0.4, -0.2) is 104 Å². The van der Waals surface area contributed by atoms with E-state index in [2.05, 4.69) is 36.6 Å². The predicted octanol–water partition coefficient (Wildman–Crippen LogP) is 3.24. The summed E-state index contributed by atoms with van der Waals surface area (Å²) < 4.78 is 126. The van der Waals surface area contributed by atoms with Crippen molar-refractivity contribution in [2.75, 3.05) is 19.8 Å². The highest BCUT2D eigenvalue weighted by Crippen LogP contribution is 2.41. The van der Waals surface area contributed by atoms with Crippen molar-refractivity contribution in [1.82, 2.24) is 0 Å². The normalized spacial score (nSPS) is 35.2. The Hall–Kier alpha value is 1.23. The molecule has 3 aliphatic rings. The minimum atomic E-state index is -3.42. The van der Waals surface area contributed by atoms with E-state index < -0.39 is 79.0 Å². The Morgan fingerprint density at radius 2 is 1.07 bits per heavy atom. The minimum Gasteiger partial charge on any atom is -0.429 e. The van der Waals surface area contributed by atoms with Crippen LogP contribution in [0.25, 0.3) is 0 Å². The van der Waals surface area contributed by atoms with Gasteiger partial charge >= 0.3 is 23.7 Å². The van der Waals surface area contributed by atoms with Gasteiger partial charge in [-0.1, -0.05) is 7.43 Å². The van der Waals surface area contributed by atoms with Crippen LogP contribution in [0.3, 0.4) is 0 Å². The molecule has 258 valence electrons. The van der Waals surface area contributed by atoms with Gasteiger partial charge in [-0.05, 0) is 6.92 Å². The van der Waals surface area contributed by atoms with Crippen LogP contribution in [-0.2, 0) is 50.9 Å². The molecule has 3 aliphatic heterocycles. The lowest BCUT2D eigenvalue weighted by atomic mass is 10.1. The van der Waals surface area contributed by atoms with Gasteiger partial charge in [0.15, 0.2) is 18.3 Å². The lowest BCUT2D eigenvalue weighted by Crippen LogP contribution is -2.42. The summed E-state index contributed by atoms with van der Waals surface area (Å²) in [7, 11) is 11.1. The first-order valence-corrected chi connectivity index (χ1v) is 14.3. The molecule has 0 radical (unpaired) electrons. The second kappa shape index (κ2) is 19.9. The number of carbonyl (C=O) groups is 1. The molecule has 3 saturated heterocycles. The van der Waals surface area contributed by atoms with Crippen LogP contribution in [0.4, 0.5) is 26.3 Å². The summed E-state index contributed by atoms with van der Waals surface area (Å²) >= 11 is 0. The van der Waals surface area contributed by atoms with Gasteiger partial charge in [0.05, 0.1) is 19.8 Å². The number of ether oxygens (including phenoxy) is 4. The highest BCUT2D eigenvalue weighted by molar-refractivity contribution is 7.10. The van der Waals surface area contributed by atoms with Gasteiger partial charge in [0, 0.05) is 63.7 Å². The number of hydrogen-bond acceptors (Lipinski definition) is 12. The van der Waals surface area contributed by atoms with Crippen LogP contribution >= 0.6 is 56.8 Å². The first-order chi connectivity index (χ1) is 19.5. The molecule has 9 unspecified atom stereocenters. The minimum absolute atomic E-state index is 0. The zero-order chi connectivity index (χ0) is 32.5. The van der Waals surface area contributed by atoms with Gasteiger partial charge in [-0.2, -0.15) is 17.6 Å². The molecule has 0 saturated carbocycles. The molecule has 0 aliphatic carbocycles. The maximum absolute atomic E-state index is 13.6. The monoisotopic (exact) mass is 758 g/mol. The number of esters is 1. The molecular weight excluding hydrogens is 720 g/mol. The molecule has 15 atom stereocenters. The lowest BCUT2D eigenvalue weighted by molar-refractivity contribution is -0.221. The first-order valence-electron chi connectivity index (χ1n) is 11.5. The second-order valence-electron chi connectivity index (χ2n) is 8.65. The Balaban J connectivity index is 0.000000613. The average Bonchev–Trinajstić information content (AvgIpc) is 3.35. The largest absolute Gasteiger partial charge is 0.429 e. The van der Waals surface area contributed by atoms with Crippen LogP contribution < -0.4 is 0 Å². The lowest BCUT2D eigenvalue weighted by Gasteiger charge is -2.21. The van der Waals surface area contributed by atoms with E-state index in [-0.39, 0.29) is 27.2 Å². The van der Waals surface area contributed by atoms with Crippen molar-refractivity contribution >= 4 is 62.8 Å². The van der Waals surface area contributed by atoms with Crippen LogP contribution in [0.15, 0.2) is 0 Å². The number of aliphatic hydroxyl groups excluding tert-OH is 1. The van der Waals surface area contributed by atoms with Gasteiger partial charge < -0.3 is 51.2 Å². The van der Waals surface area contributed by atoms with E-state index in [1.807, 2.05) is 37.9 Å². The summed E-state index contributed by atoms with van der Waals surface area (Å²) in [5.74, 6) is -10.6. The van der Waals surface area contributed by atoms with E-state index >= 15 is 0 Å². The SMILES string of the molecule is C.CC(=O)OC1O[C@H](COP)[C@H](OP)C1(F)F.CC1O[C@H](COP)[C@H](OP)C1(F)F.OC1O[C@H](COP)[C@H](OP)C1(F)F. The Kier molecular flexibility index (Phi) is 20.5. The molecule has 12 nitrogen and oxygen atoms in total. The van der Waals surface area contributed by atoms with Crippen molar-refractivity contribution in [3.8, 4) is 0 Å². The molecule has 1 N–H and O–H groups in total. The standard InChI is InChI=1S/C7H12F2O5P2.C6H12F2O3P2.C5H10F2O4P2.CH4/c1-3(10)12-6-7(8,9)5(14-16)4(13-6)2-11-15;1-3-6(7,8)5(11-13)4(10-3)2-9-12;6-5(7)3(11-13)2(1-9-12)10-4(5)8;/h4-6H,2,15-16H2,1H3;3-5H,2,12-13H2,1H3;2-4,8H,1,12-13H2;1H4/t4-,5+,6?;3?,4-,5+;2-,3+,4?;/m111./s1. The van der Waals surface area contributed by atoms with Crippen molar-refractivity contribution in [1.29, 1.82) is 0 Å². The predicted molar refractivity (Wildman–Crippen MR) is 158 cm³/mol. The van der Waals surface area contributed by atoms with E-state index in [1.165, 1.54) is 6.92 Å². The summed E-state index contributed by atoms with van der Waals surface area (Å²) in [6.07, 6.45) is -12.2. The number of hydrogen-bond donors (Lipinski definition) is 1. The number of halogens is 6. The van der Waals surface area contributed by atoms with Crippen LogP contribution in [0.2, 0.25) is 0 Å². The summed E-state index contributed by atoms with van der Waals surface area (Å²) in [6, 6.07) is 0. The van der Waals surface area contributed by atoms with Gasteiger partial charge in [0.25, 0.3) is 6.29 Å². The van der Waals surface area contributed by atoms with E-state index in [0.29, 0.717) is 0 Å². The Morgan fingerprint density at radius 3 is 1.47 bits per heavy atom. The van der Waals surface area contributed by atoms with E-state index in [0.717, 1.165) is 6.92 Å². The molecule has 0 amide bonds. The van der Waals surface area contributed by atoms with Crippen LogP contribution in [0.1, 0.15) is 21.3 Å². The van der Waals surface area contributed by atoms with Gasteiger partial charge in [-0.25, -0.2) is 8.78 Å². The van der Waals surface area contributed by atoms with Crippen molar-refractivity contribution < 1.29 is 82.3 Å². The first kappa shape index (κ1) is 44.2. The van der Waals surface area contributed by atoms with Gasteiger partial charge in [-0.3, -0.25) is 4.79 Å². The number of alkyl halides is 6. The van der Waals surface area contributed by atoms with Crippen molar-refractivity contribution in [2.45, 2.75) is 94.3 Å². The van der Waals surface area contributed by atoms with Crippen LogP contribution in [0.5, 0.6) is 0 Å². The Labute approximate surface area is 259 Å². The highest BCUT2D eigenvalue weighted by Gasteiger charge is 2.62. The zero-order valence-corrected chi connectivity index (χ0v) is 28.9. The molecule has 0 aromatic rings. The number of rotatable bonds is 10. The fourth-order valence-electron chi connectivity index (χ4n) is 3.78. The van der Waals surface area contributed by atoms with Crippen molar-refractivity contribution in [3.63, 3.8) is 0 Å². The molecule has 3 rings (SSSR count). The average molecular weight is 758 g/mol. The fourth-order valence-corrected chi connectivity index (χ4v) is 5.42. The van der Waals surface area contributed by atoms with E-state index in [9.17, 15) is 31.1 Å². The Bertz CT molecular complexity index is 793. The quantitative estimate of drug-likeness (QED) is 0.200. The molecular formula is C19H38F6O12P6. The van der Waals surface area contributed by atoms with Gasteiger partial charge in [-0.15, -0.1) is 0 Å². The summed E-state index contributed by atoms with van der Waals surface area (Å²) in [4.78, 5) is 10.6. The molecule has 3 heterocycles.